The molecule has 2 amide bonds. The van der Waals surface area contributed by atoms with Gasteiger partial charge in [0, 0.05) is 30.9 Å². The number of para-hydroxylation sites is 1. The third kappa shape index (κ3) is 3.57. The molecule has 0 bridgehead atoms. The van der Waals surface area contributed by atoms with Crippen molar-refractivity contribution in [1.29, 1.82) is 0 Å². The van der Waals surface area contributed by atoms with Crippen LogP contribution in [-0.2, 0) is 22.7 Å². The maximum atomic E-state index is 12.8. The quantitative estimate of drug-likeness (QED) is 0.882. The predicted molar refractivity (Wildman–Crippen MR) is 104 cm³/mol. The summed E-state index contributed by atoms with van der Waals surface area (Å²) in [4.78, 5) is 27.0. The lowest BCUT2D eigenvalue weighted by Crippen LogP contribution is -2.49. The zero-order valence-electron chi connectivity index (χ0n) is 16.0. The Morgan fingerprint density at radius 3 is 2.78 bits per heavy atom. The SMILES string of the molecule is CCn1nc(CNC(=O)[C@@H]2CCC(=O)N(C3CCCC3)C2)c2ccccc21. The van der Waals surface area contributed by atoms with Gasteiger partial charge in [-0.15, -0.1) is 0 Å². The van der Waals surface area contributed by atoms with E-state index in [1.165, 1.54) is 12.8 Å². The summed E-state index contributed by atoms with van der Waals surface area (Å²) in [6.07, 6.45) is 5.69. The standard InChI is InChI=1S/C21H28N4O2/c1-2-25-19-10-6-5-9-17(19)18(23-25)13-22-21(27)15-11-12-20(26)24(14-15)16-7-3-4-8-16/h5-6,9-10,15-16H,2-4,7-8,11-14H2,1H3,(H,22,27)/t15-/m1/s1. The highest BCUT2D eigenvalue weighted by molar-refractivity contribution is 5.85. The largest absolute Gasteiger partial charge is 0.350 e. The normalized spacial score (nSPS) is 21.1. The number of hydrogen-bond donors (Lipinski definition) is 1. The number of hydrogen-bond acceptors (Lipinski definition) is 3. The fourth-order valence-corrected chi connectivity index (χ4v) is 4.54. The van der Waals surface area contributed by atoms with Gasteiger partial charge in [-0.2, -0.15) is 5.10 Å². The van der Waals surface area contributed by atoms with Gasteiger partial charge in [-0.25, -0.2) is 0 Å². The average molecular weight is 368 g/mol. The molecule has 2 aromatic rings. The van der Waals surface area contributed by atoms with Crippen LogP contribution in [0.2, 0.25) is 0 Å². The lowest BCUT2D eigenvalue weighted by Gasteiger charge is -2.36. The van der Waals surface area contributed by atoms with Crippen molar-refractivity contribution in [2.24, 2.45) is 5.92 Å². The van der Waals surface area contributed by atoms with Gasteiger partial charge < -0.3 is 10.2 Å². The van der Waals surface area contributed by atoms with Gasteiger partial charge >= 0.3 is 0 Å². The maximum Gasteiger partial charge on any atom is 0.225 e. The van der Waals surface area contributed by atoms with Gasteiger partial charge in [-0.05, 0) is 32.3 Å². The Morgan fingerprint density at radius 1 is 1.22 bits per heavy atom. The third-order valence-electron chi connectivity index (χ3n) is 6.04. The summed E-state index contributed by atoms with van der Waals surface area (Å²) in [6, 6.07) is 8.47. The second kappa shape index (κ2) is 7.71. The van der Waals surface area contributed by atoms with E-state index < -0.39 is 0 Å². The van der Waals surface area contributed by atoms with Crippen LogP contribution in [0.15, 0.2) is 24.3 Å². The molecule has 27 heavy (non-hydrogen) atoms. The first-order chi connectivity index (χ1) is 13.2. The second-order valence-electron chi connectivity index (χ2n) is 7.72. The zero-order chi connectivity index (χ0) is 18.8. The highest BCUT2D eigenvalue weighted by atomic mass is 16.2. The summed E-state index contributed by atoms with van der Waals surface area (Å²) in [6.45, 7) is 3.87. The van der Waals surface area contributed by atoms with Crippen LogP contribution in [0, 0.1) is 5.92 Å². The molecule has 0 unspecified atom stereocenters. The van der Waals surface area contributed by atoms with Crippen molar-refractivity contribution in [3.8, 4) is 0 Å². The van der Waals surface area contributed by atoms with Crippen LogP contribution in [0.1, 0.15) is 51.1 Å². The second-order valence-corrected chi connectivity index (χ2v) is 7.72. The van der Waals surface area contributed by atoms with Crippen LogP contribution < -0.4 is 5.32 Å². The Morgan fingerprint density at radius 2 is 2.00 bits per heavy atom. The molecule has 1 saturated heterocycles. The Bertz CT molecular complexity index is 838. The molecular weight excluding hydrogens is 340 g/mol. The number of piperidine rings is 1. The lowest BCUT2D eigenvalue weighted by molar-refractivity contribution is -0.140. The maximum absolute atomic E-state index is 12.8. The van der Waals surface area contributed by atoms with E-state index in [4.69, 9.17) is 0 Å². The first-order valence-corrected chi connectivity index (χ1v) is 10.2. The number of likely N-dealkylation sites (tertiary alicyclic amines) is 1. The van der Waals surface area contributed by atoms with E-state index in [0.29, 0.717) is 32.0 Å². The number of nitrogens with one attached hydrogen (secondary N) is 1. The molecule has 0 spiro atoms. The van der Waals surface area contributed by atoms with E-state index in [-0.39, 0.29) is 17.7 Å². The molecule has 6 nitrogen and oxygen atoms in total. The van der Waals surface area contributed by atoms with Crippen molar-refractivity contribution in [2.75, 3.05) is 6.54 Å². The molecule has 4 rings (SSSR count). The summed E-state index contributed by atoms with van der Waals surface area (Å²) >= 11 is 0. The van der Waals surface area contributed by atoms with Crippen LogP contribution in [0.3, 0.4) is 0 Å². The molecule has 2 aliphatic rings. The third-order valence-corrected chi connectivity index (χ3v) is 6.04. The summed E-state index contributed by atoms with van der Waals surface area (Å²) in [5, 5.41) is 8.81. The number of carbonyl (C=O) groups excluding carboxylic acids is 2. The molecular formula is C21H28N4O2. The van der Waals surface area contributed by atoms with Crippen molar-refractivity contribution < 1.29 is 9.59 Å². The summed E-state index contributed by atoms with van der Waals surface area (Å²) in [5.74, 6) is 0.155. The molecule has 2 fully saturated rings. The van der Waals surface area contributed by atoms with E-state index in [1.54, 1.807) is 0 Å². The minimum Gasteiger partial charge on any atom is -0.350 e. The Hall–Kier alpha value is -2.37. The van der Waals surface area contributed by atoms with E-state index >= 15 is 0 Å². The molecule has 2 heterocycles. The number of carbonyl (C=O) groups is 2. The number of benzene rings is 1. The molecule has 1 atom stereocenters. The number of aromatic nitrogens is 2. The summed E-state index contributed by atoms with van der Waals surface area (Å²) in [7, 11) is 0. The van der Waals surface area contributed by atoms with Crippen LogP contribution in [0.25, 0.3) is 10.9 Å². The number of nitrogens with zero attached hydrogens (tertiary/aromatic N) is 3. The molecule has 1 aliphatic carbocycles. The van der Waals surface area contributed by atoms with Gasteiger partial charge in [0.2, 0.25) is 11.8 Å². The molecule has 144 valence electrons. The lowest BCUT2D eigenvalue weighted by atomic mass is 9.95. The average Bonchev–Trinajstić information content (AvgIpc) is 3.34. The van der Waals surface area contributed by atoms with Crippen molar-refractivity contribution in [1.82, 2.24) is 20.0 Å². The Balaban J connectivity index is 1.41. The highest BCUT2D eigenvalue weighted by Crippen LogP contribution is 2.29. The zero-order valence-corrected chi connectivity index (χ0v) is 16.0. The molecule has 1 N–H and O–H groups in total. The van der Waals surface area contributed by atoms with E-state index in [1.807, 2.05) is 21.7 Å². The first kappa shape index (κ1) is 18.0. The van der Waals surface area contributed by atoms with Crippen LogP contribution in [0.4, 0.5) is 0 Å². The molecule has 1 aromatic carbocycles. The summed E-state index contributed by atoms with van der Waals surface area (Å²) in [5.41, 5.74) is 2.00. The van der Waals surface area contributed by atoms with E-state index in [2.05, 4.69) is 29.5 Å². The first-order valence-electron chi connectivity index (χ1n) is 10.2. The van der Waals surface area contributed by atoms with Crippen LogP contribution >= 0.6 is 0 Å². The van der Waals surface area contributed by atoms with E-state index in [0.717, 1.165) is 36.0 Å². The smallest absolute Gasteiger partial charge is 0.225 e. The molecule has 1 aromatic heterocycles. The van der Waals surface area contributed by atoms with Gasteiger partial charge in [-0.1, -0.05) is 31.0 Å². The van der Waals surface area contributed by atoms with Crippen molar-refractivity contribution in [3.63, 3.8) is 0 Å². The highest BCUT2D eigenvalue weighted by Gasteiger charge is 2.35. The Kier molecular flexibility index (Phi) is 5.14. The monoisotopic (exact) mass is 368 g/mol. The topological polar surface area (TPSA) is 67.2 Å². The van der Waals surface area contributed by atoms with Gasteiger partial charge in [0.1, 0.15) is 0 Å². The molecule has 1 aliphatic heterocycles. The minimum absolute atomic E-state index is 0.0422. The van der Waals surface area contributed by atoms with Gasteiger partial charge in [0.25, 0.3) is 0 Å². The van der Waals surface area contributed by atoms with Crippen LogP contribution in [-0.4, -0.2) is 39.1 Å². The van der Waals surface area contributed by atoms with Gasteiger partial charge in [-0.3, -0.25) is 14.3 Å². The number of rotatable bonds is 5. The number of amides is 2. The fraction of sp³-hybridized carbons (Fsp3) is 0.571. The Labute approximate surface area is 159 Å². The van der Waals surface area contributed by atoms with Gasteiger partial charge in [0.05, 0.1) is 23.7 Å². The predicted octanol–water partition coefficient (Wildman–Crippen LogP) is 2.85. The minimum atomic E-state index is -0.108. The van der Waals surface area contributed by atoms with E-state index in [9.17, 15) is 9.59 Å². The molecule has 0 radical (unpaired) electrons. The van der Waals surface area contributed by atoms with Crippen molar-refractivity contribution in [3.05, 3.63) is 30.0 Å². The number of fused-ring (bicyclic) bond motifs is 1. The summed E-state index contributed by atoms with van der Waals surface area (Å²) < 4.78 is 1.97. The number of aryl methyl sites for hydroxylation is 1. The van der Waals surface area contributed by atoms with Gasteiger partial charge in [0.15, 0.2) is 0 Å². The van der Waals surface area contributed by atoms with Crippen molar-refractivity contribution in [2.45, 2.75) is 64.6 Å². The molecule has 6 heteroatoms. The molecule has 1 saturated carbocycles. The van der Waals surface area contributed by atoms with Crippen molar-refractivity contribution >= 4 is 22.7 Å². The fourth-order valence-electron chi connectivity index (χ4n) is 4.54. The van der Waals surface area contributed by atoms with Crippen LogP contribution in [0.5, 0.6) is 0 Å².